The minimum atomic E-state index is -1.21. The molecule has 0 aromatic rings. The first-order valence-corrected chi connectivity index (χ1v) is 10.2. The molecule has 0 aromatic carbocycles. The Bertz CT molecular complexity index is 534. The SMILES string of the molecule is CSCCC(NC(=O)C(C)NC(=O)C(CS)NC(=O)C(N)C(C)O)C(=O)O. The van der Waals surface area contributed by atoms with Crippen molar-refractivity contribution in [2.75, 3.05) is 17.8 Å². The van der Waals surface area contributed by atoms with E-state index in [0.717, 1.165) is 0 Å². The van der Waals surface area contributed by atoms with Gasteiger partial charge >= 0.3 is 5.97 Å². The maximum atomic E-state index is 12.2. The van der Waals surface area contributed by atoms with E-state index in [1.807, 2.05) is 6.26 Å². The van der Waals surface area contributed by atoms with E-state index in [-0.39, 0.29) is 12.2 Å². The van der Waals surface area contributed by atoms with Crippen LogP contribution in [0.3, 0.4) is 0 Å². The number of hydrogen-bond donors (Lipinski definition) is 7. The Kier molecular flexibility index (Phi) is 12.1. The molecule has 10 nitrogen and oxygen atoms in total. The molecular weight excluding hydrogens is 396 g/mol. The Labute approximate surface area is 167 Å². The van der Waals surface area contributed by atoms with Crippen LogP contribution in [-0.2, 0) is 19.2 Å². The van der Waals surface area contributed by atoms with Crippen LogP contribution in [0.4, 0.5) is 0 Å². The maximum absolute atomic E-state index is 12.2. The number of thiol groups is 1. The fourth-order valence-electron chi connectivity index (χ4n) is 1.85. The van der Waals surface area contributed by atoms with Crippen LogP contribution in [0.15, 0.2) is 0 Å². The average molecular weight is 425 g/mol. The Morgan fingerprint density at radius 2 is 1.59 bits per heavy atom. The van der Waals surface area contributed by atoms with Gasteiger partial charge in [0.25, 0.3) is 0 Å². The molecule has 0 rings (SSSR count). The van der Waals surface area contributed by atoms with Gasteiger partial charge in [-0.2, -0.15) is 24.4 Å². The number of aliphatic carboxylic acids is 1. The first-order valence-electron chi connectivity index (χ1n) is 8.22. The molecule has 0 spiro atoms. The van der Waals surface area contributed by atoms with Crippen LogP contribution in [0.5, 0.6) is 0 Å². The number of aliphatic hydroxyl groups excluding tert-OH is 1. The molecule has 12 heteroatoms. The lowest BCUT2D eigenvalue weighted by Crippen LogP contribution is -2.58. The molecule has 0 fully saturated rings. The molecule has 0 aromatic heterocycles. The zero-order chi connectivity index (χ0) is 21.1. The second kappa shape index (κ2) is 12.8. The van der Waals surface area contributed by atoms with Crippen molar-refractivity contribution in [2.24, 2.45) is 5.73 Å². The molecule has 3 amide bonds. The van der Waals surface area contributed by atoms with Crippen molar-refractivity contribution in [1.82, 2.24) is 16.0 Å². The standard InChI is InChI=1S/C15H28N4O6S2/c1-7(12(21)18-9(15(24)25)4-5-27-3)17-13(22)10(6-26)19-14(23)11(16)8(2)20/h7-11,20,26H,4-6,16H2,1-3H3,(H,17,22)(H,18,21)(H,19,23)(H,24,25). The summed E-state index contributed by atoms with van der Waals surface area (Å²) in [5, 5.41) is 25.5. The predicted molar refractivity (Wildman–Crippen MR) is 106 cm³/mol. The van der Waals surface area contributed by atoms with Crippen LogP contribution >= 0.6 is 24.4 Å². The van der Waals surface area contributed by atoms with Gasteiger partial charge in [-0.3, -0.25) is 14.4 Å². The fourth-order valence-corrected chi connectivity index (χ4v) is 2.58. The van der Waals surface area contributed by atoms with Crippen LogP contribution in [0.1, 0.15) is 20.3 Å². The summed E-state index contributed by atoms with van der Waals surface area (Å²) < 4.78 is 0. The molecule has 0 bridgehead atoms. The molecule has 7 N–H and O–H groups in total. The second-order valence-electron chi connectivity index (χ2n) is 5.92. The van der Waals surface area contributed by atoms with Gasteiger partial charge in [0, 0.05) is 5.75 Å². The number of aliphatic hydroxyl groups is 1. The van der Waals surface area contributed by atoms with Crippen molar-refractivity contribution >= 4 is 48.1 Å². The number of carbonyl (C=O) groups excluding carboxylic acids is 3. The Balaban J connectivity index is 4.77. The Morgan fingerprint density at radius 1 is 1.04 bits per heavy atom. The first-order chi connectivity index (χ1) is 12.5. The first kappa shape index (κ1) is 25.5. The van der Waals surface area contributed by atoms with Crippen molar-refractivity contribution in [2.45, 2.75) is 50.5 Å². The quantitative estimate of drug-likeness (QED) is 0.175. The molecule has 0 saturated heterocycles. The zero-order valence-corrected chi connectivity index (χ0v) is 17.2. The molecule has 27 heavy (non-hydrogen) atoms. The second-order valence-corrected chi connectivity index (χ2v) is 7.27. The third-order valence-corrected chi connectivity index (χ3v) is 4.62. The lowest BCUT2D eigenvalue weighted by atomic mass is 10.1. The summed E-state index contributed by atoms with van der Waals surface area (Å²) in [4.78, 5) is 47.4. The minimum absolute atomic E-state index is 0.0656. The average Bonchev–Trinajstić information content (AvgIpc) is 2.61. The van der Waals surface area contributed by atoms with Crippen LogP contribution in [0, 0.1) is 0 Å². The molecule has 0 aliphatic heterocycles. The summed E-state index contributed by atoms with van der Waals surface area (Å²) >= 11 is 5.43. The van der Waals surface area contributed by atoms with Crippen molar-refractivity contribution in [3.63, 3.8) is 0 Å². The van der Waals surface area contributed by atoms with Gasteiger partial charge in [0.2, 0.25) is 17.7 Å². The zero-order valence-electron chi connectivity index (χ0n) is 15.5. The number of carbonyl (C=O) groups is 4. The normalized spacial score (nSPS) is 16.4. The van der Waals surface area contributed by atoms with Gasteiger partial charge in [0.15, 0.2) is 0 Å². The van der Waals surface area contributed by atoms with Gasteiger partial charge in [-0.1, -0.05) is 0 Å². The smallest absolute Gasteiger partial charge is 0.326 e. The summed E-state index contributed by atoms with van der Waals surface area (Å²) in [6.07, 6.45) is 0.960. The monoisotopic (exact) mass is 424 g/mol. The number of thioether (sulfide) groups is 1. The van der Waals surface area contributed by atoms with Crippen LogP contribution in [0.25, 0.3) is 0 Å². The van der Waals surface area contributed by atoms with E-state index in [0.29, 0.717) is 5.75 Å². The Morgan fingerprint density at radius 3 is 2.04 bits per heavy atom. The number of rotatable bonds is 12. The van der Waals surface area contributed by atoms with Crippen LogP contribution < -0.4 is 21.7 Å². The summed E-state index contributed by atoms with van der Waals surface area (Å²) in [6.45, 7) is 2.72. The fraction of sp³-hybridized carbons (Fsp3) is 0.733. The van der Waals surface area contributed by atoms with E-state index < -0.39 is 54.0 Å². The van der Waals surface area contributed by atoms with E-state index in [1.54, 1.807) is 0 Å². The van der Waals surface area contributed by atoms with Crippen LogP contribution in [0.2, 0.25) is 0 Å². The number of carboxylic acids is 1. The van der Waals surface area contributed by atoms with Crippen molar-refractivity contribution in [1.29, 1.82) is 0 Å². The molecular formula is C15H28N4O6S2. The van der Waals surface area contributed by atoms with Gasteiger partial charge in [-0.25, -0.2) is 4.79 Å². The van der Waals surface area contributed by atoms with E-state index >= 15 is 0 Å². The van der Waals surface area contributed by atoms with Crippen molar-refractivity contribution in [3.8, 4) is 0 Å². The molecule has 0 aliphatic rings. The summed E-state index contributed by atoms with van der Waals surface area (Å²) in [5.41, 5.74) is 5.50. The lowest BCUT2D eigenvalue weighted by Gasteiger charge is -2.23. The highest BCUT2D eigenvalue weighted by atomic mass is 32.2. The van der Waals surface area contributed by atoms with E-state index in [2.05, 4.69) is 28.6 Å². The number of nitrogens with one attached hydrogen (secondary N) is 3. The van der Waals surface area contributed by atoms with Crippen molar-refractivity contribution < 1.29 is 29.4 Å². The van der Waals surface area contributed by atoms with Gasteiger partial charge in [-0.15, -0.1) is 0 Å². The summed E-state index contributed by atoms with van der Waals surface area (Å²) in [5.74, 6) is -2.77. The van der Waals surface area contributed by atoms with Crippen molar-refractivity contribution in [3.05, 3.63) is 0 Å². The minimum Gasteiger partial charge on any atom is -0.480 e. The van der Waals surface area contributed by atoms with E-state index in [1.165, 1.54) is 25.6 Å². The molecule has 0 aliphatic carbocycles. The van der Waals surface area contributed by atoms with E-state index in [9.17, 15) is 24.3 Å². The molecule has 0 radical (unpaired) electrons. The maximum Gasteiger partial charge on any atom is 0.326 e. The number of amides is 3. The molecule has 5 atom stereocenters. The number of carboxylic acid groups (broad SMARTS) is 1. The summed E-state index contributed by atoms with van der Waals surface area (Å²) in [6, 6.07) is -4.38. The van der Waals surface area contributed by atoms with Gasteiger partial charge in [0.1, 0.15) is 24.2 Å². The third-order valence-electron chi connectivity index (χ3n) is 3.62. The molecule has 5 unspecified atom stereocenters. The highest BCUT2D eigenvalue weighted by Crippen LogP contribution is 2.02. The molecule has 0 saturated carbocycles. The third kappa shape index (κ3) is 9.31. The number of hydrogen-bond acceptors (Lipinski definition) is 8. The van der Waals surface area contributed by atoms with Gasteiger partial charge in [0.05, 0.1) is 6.10 Å². The highest BCUT2D eigenvalue weighted by molar-refractivity contribution is 7.98. The predicted octanol–water partition coefficient (Wildman–Crippen LogP) is -2.06. The summed E-state index contributed by atoms with van der Waals surface area (Å²) in [7, 11) is 0. The number of nitrogens with two attached hydrogens (primary N) is 1. The Hall–Kier alpha value is -1.50. The highest BCUT2D eigenvalue weighted by Gasteiger charge is 2.28. The van der Waals surface area contributed by atoms with E-state index in [4.69, 9.17) is 10.8 Å². The van der Waals surface area contributed by atoms with Gasteiger partial charge in [-0.05, 0) is 32.3 Å². The van der Waals surface area contributed by atoms with Crippen LogP contribution in [-0.4, -0.2) is 81.9 Å². The van der Waals surface area contributed by atoms with Gasteiger partial charge < -0.3 is 31.9 Å². The molecule has 156 valence electrons. The lowest BCUT2D eigenvalue weighted by molar-refractivity contribution is -0.142. The largest absolute Gasteiger partial charge is 0.480 e. The topological polar surface area (TPSA) is 171 Å². The molecule has 0 heterocycles.